The summed E-state index contributed by atoms with van der Waals surface area (Å²) < 4.78 is 0.891. The first-order chi connectivity index (χ1) is 12.5. The van der Waals surface area contributed by atoms with Crippen molar-refractivity contribution in [3.05, 3.63) is 105 Å². The van der Waals surface area contributed by atoms with Crippen LogP contribution in [0, 0.1) is 0 Å². The summed E-state index contributed by atoms with van der Waals surface area (Å²) in [5.41, 5.74) is 9.42. The van der Waals surface area contributed by atoms with Gasteiger partial charge in [-0.2, -0.15) is 0 Å². The van der Waals surface area contributed by atoms with Gasteiger partial charge in [-0.1, -0.05) is 64.5 Å². The molecule has 3 nitrogen and oxygen atoms in total. The van der Waals surface area contributed by atoms with Crippen molar-refractivity contribution in [2.45, 2.75) is 12.8 Å². The van der Waals surface area contributed by atoms with Gasteiger partial charge >= 0.3 is 0 Å². The minimum atomic E-state index is -0.415. The second-order valence-corrected chi connectivity index (χ2v) is 7.01. The van der Waals surface area contributed by atoms with Crippen molar-refractivity contribution in [2.24, 2.45) is 5.73 Å². The van der Waals surface area contributed by atoms with E-state index in [2.05, 4.69) is 15.9 Å². The molecule has 0 radical (unpaired) electrons. The number of ketones is 1. The van der Waals surface area contributed by atoms with E-state index in [0.29, 0.717) is 16.7 Å². The number of halogens is 1. The van der Waals surface area contributed by atoms with Crippen molar-refractivity contribution < 1.29 is 9.59 Å². The lowest BCUT2D eigenvalue weighted by atomic mass is 9.99. The van der Waals surface area contributed by atoms with Gasteiger partial charge in [0.05, 0.1) is 0 Å². The fourth-order valence-corrected chi connectivity index (χ4v) is 3.14. The van der Waals surface area contributed by atoms with Crippen LogP contribution in [0.4, 0.5) is 0 Å². The molecule has 0 spiro atoms. The van der Waals surface area contributed by atoms with Gasteiger partial charge in [-0.25, -0.2) is 0 Å². The van der Waals surface area contributed by atoms with Gasteiger partial charge in [0.25, 0.3) is 0 Å². The van der Waals surface area contributed by atoms with Crippen molar-refractivity contribution in [3.63, 3.8) is 0 Å². The minimum Gasteiger partial charge on any atom is -0.366 e. The Kier molecular flexibility index (Phi) is 5.64. The molecule has 130 valence electrons. The number of benzene rings is 3. The molecule has 2 N–H and O–H groups in total. The van der Waals surface area contributed by atoms with E-state index in [0.717, 1.165) is 28.4 Å². The standard InChI is InChI=1S/C22H18BrNO2/c23-20-3-1-2-19(14-20)21(25)17-10-6-15(7-11-17)4-5-16-8-12-18(13-9-16)22(24)26/h1-3,6-14H,4-5H2,(H2,24,26). The molecule has 0 saturated carbocycles. The summed E-state index contributed by atoms with van der Waals surface area (Å²) in [6.07, 6.45) is 1.72. The molecule has 0 aliphatic rings. The van der Waals surface area contributed by atoms with Crippen molar-refractivity contribution in [1.29, 1.82) is 0 Å². The number of nitrogens with two attached hydrogens (primary N) is 1. The third kappa shape index (κ3) is 4.46. The van der Waals surface area contributed by atoms with E-state index < -0.39 is 5.91 Å². The summed E-state index contributed by atoms with van der Waals surface area (Å²) in [4.78, 5) is 23.6. The Morgan fingerprint density at radius 1 is 0.731 bits per heavy atom. The fourth-order valence-electron chi connectivity index (χ4n) is 2.74. The summed E-state index contributed by atoms with van der Waals surface area (Å²) in [5.74, 6) is -0.401. The summed E-state index contributed by atoms with van der Waals surface area (Å²) in [5, 5.41) is 0. The maximum absolute atomic E-state index is 12.5. The first kappa shape index (κ1) is 18.1. The van der Waals surface area contributed by atoms with Crippen LogP contribution in [0.15, 0.2) is 77.3 Å². The van der Waals surface area contributed by atoms with Crippen LogP contribution in [0.1, 0.15) is 37.4 Å². The second kappa shape index (κ2) is 8.11. The normalized spacial score (nSPS) is 10.5. The van der Waals surface area contributed by atoms with Crippen molar-refractivity contribution in [2.75, 3.05) is 0 Å². The largest absolute Gasteiger partial charge is 0.366 e. The van der Waals surface area contributed by atoms with Crippen molar-refractivity contribution in [1.82, 2.24) is 0 Å². The number of hydrogen-bond acceptors (Lipinski definition) is 2. The predicted molar refractivity (Wildman–Crippen MR) is 106 cm³/mol. The Bertz CT molecular complexity index is 931. The average Bonchev–Trinajstić information content (AvgIpc) is 2.66. The van der Waals surface area contributed by atoms with Gasteiger partial charge in [0.1, 0.15) is 0 Å². The van der Waals surface area contributed by atoms with Crippen LogP contribution < -0.4 is 5.73 Å². The second-order valence-electron chi connectivity index (χ2n) is 6.10. The van der Waals surface area contributed by atoms with Gasteiger partial charge in [0.15, 0.2) is 5.78 Å². The number of aryl methyl sites for hydroxylation is 2. The molecular formula is C22H18BrNO2. The maximum Gasteiger partial charge on any atom is 0.248 e. The number of primary amides is 1. The summed E-state index contributed by atoms with van der Waals surface area (Å²) in [7, 11) is 0. The smallest absolute Gasteiger partial charge is 0.248 e. The molecule has 26 heavy (non-hydrogen) atoms. The van der Waals surface area contributed by atoms with Gasteiger partial charge < -0.3 is 5.73 Å². The summed E-state index contributed by atoms with van der Waals surface area (Å²) >= 11 is 3.39. The monoisotopic (exact) mass is 407 g/mol. The van der Waals surface area contributed by atoms with Gasteiger partial charge in [-0.3, -0.25) is 9.59 Å². The molecule has 3 rings (SSSR count). The molecule has 4 heteroatoms. The van der Waals surface area contributed by atoms with E-state index in [4.69, 9.17) is 5.73 Å². The van der Waals surface area contributed by atoms with Crippen molar-refractivity contribution >= 4 is 27.6 Å². The topological polar surface area (TPSA) is 60.2 Å². The van der Waals surface area contributed by atoms with E-state index in [-0.39, 0.29) is 5.78 Å². The number of rotatable bonds is 6. The zero-order chi connectivity index (χ0) is 18.5. The number of carbonyl (C=O) groups excluding carboxylic acids is 2. The van der Waals surface area contributed by atoms with Crippen LogP contribution in [-0.4, -0.2) is 11.7 Å². The van der Waals surface area contributed by atoms with E-state index >= 15 is 0 Å². The van der Waals surface area contributed by atoms with E-state index in [1.165, 1.54) is 0 Å². The summed E-state index contributed by atoms with van der Waals surface area (Å²) in [6.45, 7) is 0. The Balaban J connectivity index is 1.64. The Morgan fingerprint density at radius 2 is 1.27 bits per heavy atom. The number of amides is 1. The first-order valence-electron chi connectivity index (χ1n) is 8.31. The molecule has 0 atom stereocenters. The van der Waals surface area contributed by atoms with Crippen LogP contribution in [0.3, 0.4) is 0 Å². The van der Waals surface area contributed by atoms with Crippen molar-refractivity contribution in [3.8, 4) is 0 Å². The molecule has 0 heterocycles. The highest BCUT2D eigenvalue weighted by molar-refractivity contribution is 9.10. The van der Waals surface area contributed by atoms with Gasteiger partial charge in [0.2, 0.25) is 5.91 Å². The summed E-state index contributed by atoms with van der Waals surface area (Å²) in [6, 6.07) is 22.5. The lowest BCUT2D eigenvalue weighted by molar-refractivity contribution is 0.0998. The van der Waals surface area contributed by atoms with Gasteiger partial charge in [-0.15, -0.1) is 0 Å². The SMILES string of the molecule is NC(=O)c1ccc(CCc2ccc(C(=O)c3cccc(Br)c3)cc2)cc1. The molecule has 0 bridgehead atoms. The van der Waals surface area contributed by atoms with Crippen LogP contribution in [0.2, 0.25) is 0 Å². The van der Waals surface area contributed by atoms with E-state index in [9.17, 15) is 9.59 Å². The highest BCUT2D eigenvalue weighted by atomic mass is 79.9. The van der Waals surface area contributed by atoms with Crippen LogP contribution >= 0.6 is 15.9 Å². The number of carbonyl (C=O) groups is 2. The van der Waals surface area contributed by atoms with Crippen LogP contribution in [0.25, 0.3) is 0 Å². The predicted octanol–water partition coefficient (Wildman–Crippen LogP) is 4.56. The highest BCUT2D eigenvalue weighted by Crippen LogP contribution is 2.17. The molecular weight excluding hydrogens is 390 g/mol. The third-order valence-corrected chi connectivity index (χ3v) is 4.74. The van der Waals surface area contributed by atoms with E-state index in [1.54, 1.807) is 12.1 Å². The number of hydrogen-bond donors (Lipinski definition) is 1. The highest BCUT2D eigenvalue weighted by Gasteiger charge is 2.09. The first-order valence-corrected chi connectivity index (χ1v) is 9.10. The molecule has 0 saturated heterocycles. The van der Waals surface area contributed by atoms with Gasteiger partial charge in [-0.05, 0) is 48.2 Å². The van der Waals surface area contributed by atoms with Gasteiger partial charge in [0, 0.05) is 21.2 Å². The zero-order valence-corrected chi connectivity index (χ0v) is 15.7. The zero-order valence-electron chi connectivity index (χ0n) is 14.1. The Labute approximate surface area is 161 Å². The van der Waals surface area contributed by atoms with Crippen LogP contribution in [-0.2, 0) is 12.8 Å². The molecule has 3 aromatic rings. The van der Waals surface area contributed by atoms with E-state index in [1.807, 2.05) is 60.7 Å². The maximum atomic E-state index is 12.5. The third-order valence-electron chi connectivity index (χ3n) is 4.24. The molecule has 0 aliphatic heterocycles. The lowest BCUT2D eigenvalue weighted by Crippen LogP contribution is -2.10. The van der Waals surface area contributed by atoms with Crippen LogP contribution in [0.5, 0.6) is 0 Å². The molecule has 1 amide bonds. The molecule has 0 aliphatic carbocycles. The average molecular weight is 408 g/mol. The Hall–Kier alpha value is -2.72. The molecule has 0 fully saturated rings. The molecule has 3 aromatic carbocycles. The molecule has 0 unspecified atom stereocenters. The lowest BCUT2D eigenvalue weighted by Gasteiger charge is -2.06. The fraction of sp³-hybridized carbons (Fsp3) is 0.0909. The quantitative estimate of drug-likeness (QED) is 0.608. The molecule has 0 aromatic heterocycles. The minimum absolute atomic E-state index is 0.0138. The Morgan fingerprint density at radius 3 is 1.77 bits per heavy atom.